The van der Waals surface area contributed by atoms with E-state index in [9.17, 15) is 13.2 Å². The number of aryl methyl sites for hydroxylation is 1. The molecule has 8 heteroatoms. The van der Waals surface area contributed by atoms with E-state index in [0.29, 0.717) is 21.9 Å². The van der Waals surface area contributed by atoms with Crippen LogP contribution in [0.3, 0.4) is 0 Å². The number of nitrogens with zero attached hydrogens (tertiary/aromatic N) is 1. The highest BCUT2D eigenvalue weighted by atomic mass is 32.2. The van der Waals surface area contributed by atoms with E-state index in [1.165, 1.54) is 11.3 Å². The van der Waals surface area contributed by atoms with Crippen LogP contribution in [0, 0.1) is 6.92 Å². The smallest absolute Gasteiger partial charge is 0.262 e. The minimum Gasteiger partial charge on any atom is -0.298 e. The van der Waals surface area contributed by atoms with Gasteiger partial charge in [0, 0.05) is 22.8 Å². The molecule has 2 aromatic carbocycles. The fourth-order valence-electron chi connectivity index (χ4n) is 2.71. The Bertz CT molecular complexity index is 1110. The normalized spacial score (nSPS) is 11.9. The lowest BCUT2D eigenvalue weighted by Crippen LogP contribution is -2.17. The van der Waals surface area contributed by atoms with Crippen LogP contribution in [0.2, 0.25) is 0 Å². The van der Waals surface area contributed by atoms with Gasteiger partial charge in [0.1, 0.15) is 0 Å². The first-order valence-electron chi connectivity index (χ1n) is 9.01. The molecule has 0 atom stereocenters. The van der Waals surface area contributed by atoms with E-state index >= 15 is 0 Å². The van der Waals surface area contributed by atoms with Gasteiger partial charge in [-0.1, -0.05) is 32.9 Å². The number of hydrogen-bond acceptors (Lipinski definition) is 5. The van der Waals surface area contributed by atoms with Gasteiger partial charge in [-0.2, -0.15) is 0 Å². The molecule has 0 bridgehead atoms. The molecule has 0 aliphatic heterocycles. The van der Waals surface area contributed by atoms with Crippen molar-refractivity contribution in [3.8, 4) is 0 Å². The number of hydrogen-bond donors (Lipinski definition) is 2. The van der Waals surface area contributed by atoms with E-state index < -0.39 is 10.0 Å². The first kappa shape index (κ1) is 21.0. The van der Waals surface area contributed by atoms with Crippen LogP contribution in [0.4, 0.5) is 10.8 Å². The highest BCUT2D eigenvalue weighted by Gasteiger charge is 2.21. The molecule has 0 spiro atoms. The average molecular weight is 430 g/mol. The molecular weight excluding hydrogens is 406 g/mol. The van der Waals surface area contributed by atoms with Crippen LogP contribution in [0.15, 0.2) is 58.9 Å². The van der Waals surface area contributed by atoms with Crippen LogP contribution < -0.4 is 10.0 Å². The molecule has 3 aromatic rings. The molecule has 1 aromatic heterocycles. The Balaban J connectivity index is 1.80. The van der Waals surface area contributed by atoms with E-state index in [0.717, 1.165) is 5.56 Å². The number of amides is 1. The summed E-state index contributed by atoms with van der Waals surface area (Å²) in [5.41, 5.74) is 2.25. The molecular formula is C21H23N3O3S2. The third-order valence-electron chi connectivity index (χ3n) is 4.40. The summed E-state index contributed by atoms with van der Waals surface area (Å²) in [6.07, 6.45) is 1.61. The summed E-state index contributed by atoms with van der Waals surface area (Å²) in [4.78, 5) is 16.5. The van der Waals surface area contributed by atoms with E-state index in [1.807, 2.05) is 32.9 Å². The second kappa shape index (κ2) is 7.96. The second-order valence-corrected chi connectivity index (χ2v) is 10.2. The molecule has 0 radical (unpaired) electrons. The van der Waals surface area contributed by atoms with Crippen LogP contribution in [0.1, 0.15) is 42.3 Å². The minimum absolute atomic E-state index is 0.162. The monoisotopic (exact) mass is 429 g/mol. The fourth-order valence-corrected chi connectivity index (χ4v) is 4.56. The fraction of sp³-hybridized carbons (Fsp3) is 0.238. The summed E-state index contributed by atoms with van der Waals surface area (Å²) < 4.78 is 28.5. The number of carbonyl (C=O) groups excluding carboxylic acids is 1. The highest BCUT2D eigenvalue weighted by molar-refractivity contribution is 7.92. The molecule has 1 heterocycles. The third kappa shape index (κ3) is 5.02. The van der Waals surface area contributed by atoms with Gasteiger partial charge in [0.15, 0.2) is 5.13 Å². The predicted octanol–water partition coefficient (Wildman–Crippen LogP) is 4.80. The average Bonchev–Trinajstić information content (AvgIpc) is 3.14. The molecule has 6 nitrogen and oxygen atoms in total. The molecule has 1 amide bonds. The quantitative estimate of drug-likeness (QED) is 0.610. The standard InChI is InChI=1S/C21H23N3O3S2/c1-14-5-8-16(21(2,3)4)13-18(14)29(26,27)24-17-9-6-15(7-10-17)19(25)23-20-22-11-12-28-20/h5-13,24H,1-4H3,(H,22,23,25). The van der Waals surface area contributed by atoms with Gasteiger partial charge in [-0.3, -0.25) is 14.8 Å². The SMILES string of the molecule is Cc1ccc(C(C)(C)C)cc1S(=O)(=O)Nc1ccc(C(=O)Nc2nccs2)cc1. The van der Waals surface area contributed by atoms with E-state index in [1.54, 1.807) is 48.8 Å². The maximum atomic E-state index is 12.9. The zero-order valence-corrected chi connectivity index (χ0v) is 18.3. The van der Waals surface area contributed by atoms with Crippen molar-refractivity contribution in [1.29, 1.82) is 0 Å². The summed E-state index contributed by atoms with van der Waals surface area (Å²) in [5.74, 6) is -0.303. The van der Waals surface area contributed by atoms with Crippen molar-refractivity contribution in [3.63, 3.8) is 0 Å². The largest absolute Gasteiger partial charge is 0.298 e. The molecule has 0 aliphatic rings. The van der Waals surface area contributed by atoms with E-state index in [2.05, 4.69) is 15.0 Å². The van der Waals surface area contributed by atoms with E-state index in [4.69, 9.17) is 0 Å². The summed E-state index contributed by atoms with van der Waals surface area (Å²) in [5, 5.41) is 4.97. The first-order chi connectivity index (χ1) is 13.6. The lowest BCUT2D eigenvalue weighted by molar-refractivity contribution is 0.102. The molecule has 3 rings (SSSR count). The van der Waals surface area contributed by atoms with Crippen LogP contribution in [0.5, 0.6) is 0 Å². The molecule has 0 aliphatic carbocycles. The van der Waals surface area contributed by atoms with Gasteiger partial charge in [0.25, 0.3) is 15.9 Å². The van der Waals surface area contributed by atoms with Crippen LogP contribution >= 0.6 is 11.3 Å². The summed E-state index contributed by atoms with van der Waals surface area (Å²) in [7, 11) is -3.76. The molecule has 0 saturated carbocycles. The number of benzene rings is 2. The van der Waals surface area contributed by atoms with Crippen molar-refractivity contribution in [2.75, 3.05) is 10.0 Å². The molecule has 152 valence electrons. The Kier molecular flexibility index (Phi) is 5.77. The van der Waals surface area contributed by atoms with Gasteiger partial charge < -0.3 is 0 Å². The van der Waals surface area contributed by atoms with Crippen molar-refractivity contribution in [2.45, 2.75) is 38.0 Å². The van der Waals surface area contributed by atoms with Crippen molar-refractivity contribution in [1.82, 2.24) is 4.98 Å². The Morgan fingerprint density at radius 1 is 1.07 bits per heavy atom. The van der Waals surface area contributed by atoms with E-state index in [-0.39, 0.29) is 16.2 Å². The lowest BCUT2D eigenvalue weighted by Gasteiger charge is -2.21. The topological polar surface area (TPSA) is 88.2 Å². The molecule has 29 heavy (non-hydrogen) atoms. The number of carbonyl (C=O) groups is 1. The van der Waals surface area contributed by atoms with Gasteiger partial charge in [-0.15, -0.1) is 11.3 Å². The van der Waals surface area contributed by atoms with Gasteiger partial charge in [-0.25, -0.2) is 13.4 Å². The van der Waals surface area contributed by atoms with Crippen molar-refractivity contribution < 1.29 is 13.2 Å². The Morgan fingerprint density at radius 3 is 2.34 bits per heavy atom. The third-order valence-corrected chi connectivity index (χ3v) is 6.61. The Morgan fingerprint density at radius 2 is 1.76 bits per heavy atom. The van der Waals surface area contributed by atoms with Gasteiger partial charge >= 0.3 is 0 Å². The van der Waals surface area contributed by atoms with Crippen LogP contribution in [-0.4, -0.2) is 19.3 Å². The Hall–Kier alpha value is -2.71. The maximum absolute atomic E-state index is 12.9. The maximum Gasteiger partial charge on any atom is 0.262 e. The van der Waals surface area contributed by atoms with Gasteiger partial charge in [0.05, 0.1) is 4.90 Å². The molecule has 0 unspecified atom stereocenters. The predicted molar refractivity (Wildman–Crippen MR) is 117 cm³/mol. The summed E-state index contributed by atoms with van der Waals surface area (Å²) in [6.45, 7) is 7.89. The number of nitrogens with one attached hydrogen (secondary N) is 2. The number of rotatable bonds is 5. The first-order valence-corrected chi connectivity index (χ1v) is 11.4. The molecule has 0 fully saturated rings. The molecule has 0 saturated heterocycles. The lowest BCUT2D eigenvalue weighted by atomic mass is 9.87. The number of anilines is 2. The molecule has 2 N–H and O–H groups in total. The minimum atomic E-state index is -3.76. The van der Waals surface area contributed by atoms with Crippen molar-refractivity contribution >= 4 is 38.1 Å². The van der Waals surface area contributed by atoms with Crippen molar-refractivity contribution in [3.05, 3.63) is 70.7 Å². The summed E-state index contributed by atoms with van der Waals surface area (Å²) in [6, 6.07) is 11.8. The second-order valence-electron chi connectivity index (χ2n) is 7.70. The number of aromatic nitrogens is 1. The summed E-state index contributed by atoms with van der Waals surface area (Å²) >= 11 is 1.32. The Labute approximate surface area is 175 Å². The van der Waals surface area contributed by atoms with Gasteiger partial charge in [-0.05, 0) is 53.8 Å². The van der Waals surface area contributed by atoms with Crippen molar-refractivity contribution in [2.24, 2.45) is 0 Å². The van der Waals surface area contributed by atoms with Crippen LogP contribution in [0.25, 0.3) is 0 Å². The highest BCUT2D eigenvalue weighted by Crippen LogP contribution is 2.28. The zero-order chi connectivity index (χ0) is 21.2. The number of sulfonamides is 1. The zero-order valence-electron chi connectivity index (χ0n) is 16.7. The van der Waals surface area contributed by atoms with Crippen LogP contribution in [-0.2, 0) is 15.4 Å². The van der Waals surface area contributed by atoms with Gasteiger partial charge in [0.2, 0.25) is 0 Å². The number of thiazole rings is 1.